The number of hydrogen-bond acceptors (Lipinski definition) is 4. The molecule has 1 fully saturated rings. The van der Waals surface area contributed by atoms with E-state index in [4.69, 9.17) is 0 Å². The van der Waals surface area contributed by atoms with Crippen LogP contribution in [-0.4, -0.2) is 39.0 Å². The fourth-order valence-corrected chi connectivity index (χ4v) is 3.10. The molecular weight excluding hydrogens is 288 g/mol. The molecule has 1 aromatic carbocycles. The second-order valence-electron chi connectivity index (χ2n) is 6.48. The molecule has 0 aliphatic carbocycles. The van der Waals surface area contributed by atoms with Crippen LogP contribution in [0.3, 0.4) is 0 Å². The number of anilines is 1. The highest BCUT2D eigenvalue weighted by Gasteiger charge is 2.18. The summed E-state index contributed by atoms with van der Waals surface area (Å²) in [5.41, 5.74) is 3.66. The summed E-state index contributed by atoms with van der Waals surface area (Å²) in [6, 6.07) is 8.70. The molecule has 5 nitrogen and oxygen atoms in total. The Morgan fingerprint density at radius 1 is 1.30 bits per heavy atom. The van der Waals surface area contributed by atoms with Gasteiger partial charge in [0, 0.05) is 44.1 Å². The number of aliphatic hydroxyl groups is 1. The first kappa shape index (κ1) is 16.0. The second kappa shape index (κ2) is 7.15. The number of aryl methyl sites for hydroxylation is 1. The first-order valence-corrected chi connectivity index (χ1v) is 8.35. The van der Waals surface area contributed by atoms with Crippen LogP contribution in [0, 0.1) is 0 Å². The zero-order valence-electron chi connectivity index (χ0n) is 13.9. The molecule has 0 radical (unpaired) electrons. The molecule has 5 heteroatoms. The predicted molar refractivity (Wildman–Crippen MR) is 92.2 cm³/mol. The summed E-state index contributed by atoms with van der Waals surface area (Å²) < 4.78 is 1.83. The third-order valence-corrected chi connectivity index (χ3v) is 4.57. The molecule has 1 saturated heterocycles. The van der Waals surface area contributed by atoms with E-state index in [-0.39, 0.29) is 12.1 Å². The maximum absolute atomic E-state index is 9.65. The molecule has 3 rings (SSSR count). The molecular formula is C18H26N4O. The van der Waals surface area contributed by atoms with E-state index < -0.39 is 0 Å². The Morgan fingerprint density at radius 2 is 2.04 bits per heavy atom. The zero-order chi connectivity index (χ0) is 16.2. The molecule has 0 saturated carbocycles. The van der Waals surface area contributed by atoms with Crippen molar-refractivity contribution in [2.45, 2.75) is 38.5 Å². The lowest BCUT2D eigenvalue weighted by molar-refractivity contribution is 0.0793. The Morgan fingerprint density at radius 3 is 2.74 bits per heavy atom. The third-order valence-electron chi connectivity index (χ3n) is 4.57. The highest BCUT2D eigenvalue weighted by molar-refractivity contribution is 5.52. The lowest BCUT2D eigenvalue weighted by Gasteiger charge is -2.30. The van der Waals surface area contributed by atoms with Gasteiger partial charge in [0.2, 0.25) is 0 Å². The van der Waals surface area contributed by atoms with Gasteiger partial charge in [-0.1, -0.05) is 18.2 Å². The average Bonchev–Trinajstić information content (AvgIpc) is 2.98. The molecule has 0 spiro atoms. The van der Waals surface area contributed by atoms with Gasteiger partial charge in [-0.2, -0.15) is 5.10 Å². The second-order valence-corrected chi connectivity index (χ2v) is 6.48. The number of aromatic nitrogens is 2. The zero-order valence-corrected chi connectivity index (χ0v) is 13.9. The van der Waals surface area contributed by atoms with E-state index in [0.29, 0.717) is 0 Å². The molecule has 2 aromatic rings. The lowest BCUT2D eigenvalue weighted by Crippen LogP contribution is -2.35. The normalized spacial score (nSPS) is 18.0. The van der Waals surface area contributed by atoms with E-state index in [0.717, 1.165) is 32.5 Å². The van der Waals surface area contributed by atoms with E-state index >= 15 is 0 Å². The van der Waals surface area contributed by atoms with Gasteiger partial charge in [-0.3, -0.25) is 9.58 Å². The summed E-state index contributed by atoms with van der Waals surface area (Å²) >= 11 is 0. The topological polar surface area (TPSA) is 53.3 Å². The molecule has 23 heavy (non-hydrogen) atoms. The number of piperidine rings is 1. The number of hydrogen-bond donors (Lipinski definition) is 2. The largest absolute Gasteiger partial charge is 0.393 e. The van der Waals surface area contributed by atoms with Crippen molar-refractivity contribution < 1.29 is 5.11 Å². The molecule has 124 valence electrons. The molecule has 1 unspecified atom stereocenters. The number of likely N-dealkylation sites (tertiary alicyclic amines) is 1. The molecule has 1 aliphatic rings. The van der Waals surface area contributed by atoms with Crippen molar-refractivity contribution in [2.24, 2.45) is 7.05 Å². The van der Waals surface area contributed by atoms with Crippen molar-refractivity contribution in [1.29, 1.82) is 0 Å². The van der Waals surface area contributed by atoms with E-state index in [1.807, 2.05) is 24.1 Å². The minimum atomic E-state index is -0.120. The van der Waals surface area contributed by atoms with Gasteiger partial charge < -0.3 is 10.4 Å². The maximum Gasteiger partial charge on any atom is 0.0564 e. The van der Waals surface area contributed by atoms with Crippen LogP contribution in [0.4, 0.5) is 5.69 Å². The standard InChI is InChI=1S/C18H26N4O/c1-14(16-11-19-21(2)12-16)20-18-6-4-3-5-15(18)13-22-9-7-17(23)8-10-22/h3-6,11-12,14,17,20,23H,7-10,13H2,1-2H3. The Labute approximate surface area is 137 Å². The fourth-order valence-electron chi connectivity index (χ4n) is 3.10. The van der Waals surface area contributed by atoms with Crippen molar-refractivity contribution in [1.82, 2.24) is 14.7 Å². The fraction of sp³-hybridized carbons (Fsp3) is 0.500. The summed E-state index contributed by atoms with van der Waals surface area (Å²) in [6.07, 6.45) is 5.59. The lowest BCUT2D eigenvalue weighted by atomic mass is 10.1. The third kappa shape index (κ3) is 4.12. The molecule has 2 N–H and O–H groups in total. The van der Waals surface area contributed by atoms with Gasteiger partial charge in [0.1, 0.15) is 0 Å². The van der Waals surface area contributed by atoms with E-state index in [1.54, 1.807) is 0 Å². The van der Waals surface area contributed by atoms with Crippen LogP contribution in [0.1, 0.15) is 36.9 Å². The van der Waals surface area contributed by atoms with Gasteiger partial charge in [0.25, 0.3) is 0 Å². The number of nitrogens with one attached hydrogen (secondary N) is 1. The van der Waals surface area contributed by atoms with Gasteiger partial charge in [0.15, 0.2) is 0 Å². The molecule has 0 amide bonds. The van der Waals surface area contributed by atoms with Gasteiger partial charge in [-0.15, -0.1) is 0 Å². The quantitative estimate of drug-likeness (QED) is 0.890. The highest BCUT2D eigenvalue weighted by Crippen LogP contribution is 2.24. The van der Waals surface area contributed by atoms with Crippen LogP contribution in [-0.2, 0) is 13.6 Å². The highest BCUT2D eigenvalue weighted by atomic mass is 16.3. The Bertz CT molecular complexity index is 631. The molecule has 1 atom stereocenters. The summed E-state index contributed by atoms with van der Waals surface area (Å²) in [5, 5.41) is 17.5. The van der Waals surface area contributed by atoms with Gasteiger partial charge >= 0.3 is 0 Å². The Hall–Kier alpha value is -1.85. The van der Waals surface area contributed by atoms with E-state index in [2.05, 4.69) is 46.5 Å². The average molecular weight is 314 g/mol. The monoisotopic (exact) mass is 314 g/mol. The Balaban J connectivity index is 1.68. The number of rotatable bonds is 5. The summed E-state index contributed by atoms with van der Waals surface area (Å²) in [4.78, 5) is 2.42. The molecule has 1 aromatic heterocycles. The first-order valence-electron chi connectivity index (χ1n) is 8.35. The minimum Gasteiger partial charge on any atom is -0.393 e. The number of para-hydroxylation sites is 1. The SMILES string of the molecule is CC(Nc1ccccc1CN1CCC(O)CC1)c1cnn(C)c1. The van der Waals surface area contributed by atoms with E-state index in [1.165, 1.54) is 16.8 Å². The van der Waals surface area contributed by atoms with Crippen molar-refractivity contribution in [2.75, 3.05) is 18.4 Å². The van der Waals surface area contributed by atoms with Crippen molar-refractivity contribution in [3.63, 3.8) is 0 Å². The van der Waals surface area contributed by atoms with Gasteiger partial charge in [-0.05, 0) is 31.4 Å². The van der Waals surface area contributed by atoms with Crippen molar-refractivity contribution >= 4 is 5.69 Å². The Kier molecular flexibility index (Phi) is 4.98. The number of aliphatic hydroxyl groups excluding tert-OH is 1. The smallest absolute Gasteiger partial charge is 0.0564 e. The molecule has 0 bridgehead atoms. The summed E-state index contributed by atoms with van der Waals surface area (Å²) in [7, 11) is 1.94. The maximum atomic E-state index is 9.65. The van der Waals surface area contributed by atoms with Crippen LogP contribution < -0.4 is 5.32 Å². The summed E-state index contributed by atoms with van der Waals surface area (Å²) in [5.74, 6) is 0. The number of benzene rings is 1. The van der Waals surface area contributed by atoms with Crippen molar-refractivity contribution in [3.05, 3.63) is 47.8 Å². The molecule has 2 heterocycles. The van der Waals surface area contributed by atoms with Crippen LogP contribution in [0.5, 0.6) is 0 Å². The van der Waals surface area contributed by atoms with Crippen LogP contribution >= 0.6 is 0 Å². The molecule has 1 aliphatic heterocycles. The van der Waals surface area contributed by atoms with Crippen molar-refractivity contribution in [3.8, 4) is 0 Å². The predicted octanol–water partition coefficient (Wildman–Crippen LogP) is 2.55. The van der Waals surface area contributed by atoms with E-state index in [9.17, 15) is 5.11 Å². The van der Waals surface area contributed by atoms with Crippen LogP contribution in [0.15, 0.2) is 36.7 Å². The first-order chi connectivity index (χ1) is 11.1. The minimum absolute atomic E-state index is 0.120. The summed E-state index contributed by atoms with van der Waals surface area (Å²) in [6.45, 7) is 5.02. The number of nitrogens with zero attached hydrogens (tertiary/aromatic N) is 3. The van der Waals surface area contributed by atoms with Gasteiger partial charge in [0.05, 0.1) is 18.3 Å². The van der Waals surface area contributed by atoms with Crippen LogP contribution in [0.25, 0.3) is 0 Å². The van der Waals surface area contributed by atoms with Crippen LogP contribution in [0.2, 0.25) is 0 Å². The van der Waals surface area contributed by atoms with Gasteiger partial charge in [-0.25, -0.2) is 0 Å².